The molecule has 0 saturated carbocycles. The zero-order chi connectivity index (χ0) is 10.0. The van der Waals surface area contributed by atoms with Crippen molar-refractivity contribution in [3.8, 4) is 0 Å². The van der Waals surface area contributed by atoms with E-state index in [4.69, 9.17) is 16.7 Å². The van der Waals surface area contributed by atoms with Crippen molar-refractivity contribution in [2.75, 3.05) is 0 Å². The Morgan fingerprint density at radius 2 is 2.08 bits per heavy atom. The third-order valence-electron chi connectivity index (χ3n) is 1.53. The number of hydrogen-bond donors (Lipinski definition) is 1. The van der Waals surface area contributed by atoms with Gasteiger partial charge < -0.3 is 5.11 Å². The summed E-state index contributed by atoms with van der Waals surface area (Å²) < 4.78 is 1.07. The minimum absolute atomic E-state index is 0.207. The van der Waals surface area contributed by atoms with Crippen LogP contribution in [0.15, 0.2) is 21.1 Å². The van der Waals surface area contributed by atoms with Crippen molar-refractivity contribution in [2.24, 2.45) is 0 Å². The number of aromatic carboxylic acids is 1. The first kappa shape index (κ1) is 11.0. The van der Waals surface area contributed by atoms with Crippen molar-refractivity contribution >= 4 is 49.4 Å². The van der Waals surface area contributed by atoms with Gasteiger partial charge in [0, 0.05) is 14.8 Å². The van der Waals surface area contributed by atoms with Crippen LogP contribution in [0.25, 0.3) is 0 Å². The molecule has 0 aliphatic carbocycles. The first-order chi connectivity index (χ1) is 6.07. The third kappa shape index (κ3) is 2.24. The van der Waals surface area contributed by atoms with E-state index in [0.717, 1.165) is 5.56 Å². The first-order valence-corrected chi connectivity index (χ1v) is 5.46. The second kappa shape index (κ2) is 4.44. The summed E-state index contributed by atoms with van der Waals surface area (Å²) in [5, 5.41) is 8.86. The van der Waals surface area contributed by atoms with Gasteiger partial charge >= 0.3 is 5.97 Å². The summed E-state index contributed by atoms with van der Waals surface area (Å²) in [6.07, 6.45) is 0. The van der Waals surface area contributed by atoms with Gasteiger partial charge in [-0.1, -0.05) is 6.07 Å². The van der Waals surface area contributed by atoms with E-state index in [0.29, 0.717) is 8.95 Å². The molecule has 70 valence electrons. The lowest BCUT2D eigenvalue weighted by molar-refractivity contribution is 0.0695. The molecule has 1 aromatic carbocycles. The van der Waals surface area contributed by atoms with Gasteiger partial charge in [0.1, 0.15) is 0 Å². The molecule has 0 amide bonds. The molecule has 1 rings (SSSR count). The molecular formula is C8H5Br2ClO2. The molecule has 0 fully saturated rings. The topological polar surface area (TPSA) is 37.3 Å². The van der Waals surface area contributed by atoms with Crippen LogP contribution < -0.4 is 0 Å². The van der Waals surface area contributed by atoms with Crippen molar-refractivity contribution in [1.29, 1.82) is 0 Å². The average Bonchev–Trinajstić information content (AvgIpc) is 2.04. The molecule has 0 aliphatic rings. The molecular weight excluding hydrogens is 323 g/mol. The van der Waals surface area contributed by atoms with Gasteiger partial charge in [0.2, 0.25) is 0 Å². The maximum Gasteiger partial charge on any atom is 0.338 e. The van der Waals surface area contributed by atoms with Gasteiger partial charge in [0.25, 0.3) is 0 Å². The van der Waals surface area contributed by atoms with E-state index in [1.807, 2.05) is 0 Å². The highest BCUT2D eigenvalue weighted by Gasteiger charge is 2.15. The molecule has 0 radical (unpaired) electrons. The standard InChI is InChI=1S/C8H5Br2ClO2/c9-5-2-1-4(3-11)7(10)6(5)8(12)13/h1-2H,3H2,(H,12,13). The van der Waals surface area contributed by atoms with Gasteiger partial charge in [-0.25, -0.2) is 4.79 Å². The lowest BCUT2D eigenvalue weighted by Crippen LogP contribution is -2.01. The molecule has 1 aromatic rings. The molecule has 0 heterocycles. The Morgan fingerprint density at radius 3 is 2.54 bits per heavy atom. The summed E-state index contributed by atoms with van der Waals surface area (Å²) in [5.41, 5.74) is 0.973. The van der Waals surface area contributed by atoms with Gasteiger partial charge in [0.05, 0.1) is 5.56 Å². The number of carboxylic acids is 1. The highest BCUT2D eigenvalue weighted by Crippen LogP contribution is 2.29. The average molecular weight is 328 g/mol. The first-order valence-electron chi connectivity index (χ1n) is 3.34. The number of halogens is 3. The number of alkyl halides is 1. The van der Waals surface area contributed by atoms with E-state index in [2.05, 4.69) is 31.9 Å². The molecule has 0 saturated heterocycles. The minimum atomic E-state index is -0.981. The van der Waals surface area contributed by atoms with E-state index in [9.17, 15) is 4.79 Å². The minimum Gasteiger partial charge on any atom is -0.478 e. The summed E-state index contributed by atoms with van der Waals surface area (Å²) in [6.45, 7) is 0. The predicted octanol–water partition coefficient (Wildman–Crippen LogP) is 3.65. The highest BCUT2D eigenvalue weighted by atomic mass is 79.9. The van der Waals surface area contributed by atoms with E-state index < -0.39 is 5.97 Å². The zero-order valence-corrected chi connectivity index (χ0v) is 10.3. The summed E-state index contributed by atoms with van der Waals surface area (Å²) in [7, 11) is 0. The largest absolute Gasteiger partial charge is 0.478 e. The second-order valence-electron chi connectivity index (χ2n) is 2.33. The quantitative estimate of drug-likeness (QED) is 0.842. The second-order valence-corrected chi connectivity index (χ2v) is 4.25. The molecule has 0 aliphatic heterocycles. The van der Waals surface area contributed by atoms with Crippen LogP contribution in [0.1, 0.15) is 15.9 Å². The van der Waals surface area contributed by atoms with Gasteiger partial charge in [-0.3, -0.25) is 0 Å². The maximum absolute atomic E-state index is 10.8. The van der Waals surface area contributed by atoms with Crippen LogP contribution in [0.3, 0.4) is 0 Å². The maximum atomic E-state index is 10.8. The lowest BCUT2D eigenvalue weighted by atomic mass is 10.1. The van der Waals surface area contributed by atoms with Gasteiger partial charge in [-0.05, 0) is 43.5 Å². The molecule has 0 spiro atoms. The Labute approximate surface area is 97.2 Å². The van der Waals surface area contributed by atoms with E-state index in [1.54, 1.807) is 12.1 Å². The number of hydrogen-bond acceptors (Lipinski definition) is 1. The van der Waals surface area contributed by atoms with Gasteiger partial charge in [0.15, 0.2) is 0 Å². The third-order valence-corrected chi connectivity index (χ3v) is 3.38. The molecule has 0 atom stereocenters. The molecule has 0 aromatic heterocycles. The van der Waals surface area contributed by atoms with Crippen molar-refractivity contribution < 1.29 is 9.90 Å². The van der Waals surface area contributed by atoms with Crippen molar-refractivity contribution in [2.45, 2.75) is 5.88 Å². The Morgan fingerprint density at radius 1 is 1.46 bits per heavy atom. The zero-order valence-electron chi connectivity index (χ0n) is 6.35. The Kier molecular flexibility index (Phi) is 3.76. The van der Waals surface area contributed by atoms with Crippen molar-refractivity contribution in [1.82, 2.24) is 0 Å². The summed E-state index contributed by atoms with van der Waals surface area (Å²) in [6, 6.07) is 3.44. The Balaban J connectivity index is 3.38. The van der Waals surface area contributed by atoms with Crippen LogP contribution in [0.4, 0.5) is 0 Å². The van der Waals surface area contributed by atoms with E-state index >= 15 is 0 Å². The number of carboxylic acid groups (broad SMARTS) is 1. The molecule has 13 heavy (non-hydrogen) atoms. The fraction of sp³-hybridized carbons (Fsp3) is 0.125. The lowest BCUT2D eigenvalue weighted by Gasteiger charge is -2.05. The Bertz CT molecular complexity index is 352. The normalized spacial score (nSPS) is 10.1. The highest BCUT2D eigenvalue weighted by molar-refractivity contribution is 9.11. The molecule has 5 heteroatoms. The van der Waals surface area contributed by atoms with Crippen LogP contribution in [-0.2, 0) is 5.88 Å². The molecule has 1 N–H and O–H groups in total. The molecule has 0 unspecified atom stereocenters. The molecule has 0 bridgehead atoms. The number of carbonyl (C=O) groups is 1. The van der Waals surface area contributed by atoms with Crippen LogP contribution in [-0.4, -0.2) is 11.1 Å². The monoisotopic (exact) mass is 326 g/mol. The fourth-order valence-corrected chi connectivity index (χ4v) is 2.70. The van der Waals surface area contributed by atoms with Gasteiger partial charge in [-0.15, -0.1) is 11.6 Å². The number of rotatable bonds is 2. The van der Waals surface area contributed by atoms with Crippen LogP contribution in [0.5, 0.6) is 0 Å². The predicted molar refractivity (Wildman–Crippen MR) is 58.4 cm³/mol. The van der Waals surface area contributed by atoms with Gasteiger partial charge in [-0.2, -0.15) is 0 Å². The summed E-state index contributed by atoms with van der Waals surface area (Å²) in [4.78, 5) is 10.8. The molecule has 2 nitrogen and oxygen atoms in total. The van der Waals surface area contributed by atoms with Crippen LogP contribution in [0, 0.1) is 0 Å². The SMILES string of the molecule is O=C(O)c1c(Br)ccc(CCl)c1Br. The van der Waals surface area contributed by atoms with Crippen molar-refractivity contribution in [3.63, 3.8) is 0 Å². The van der Waals surface area contributed by atoms with Crippen molar-refractivity contribution in [3.05, 3.63) is 32.2 Å². The van der Waals surface area contributed by atoms with Crippen LogP contribution in [0.2, 0.25) is 0 Å². The van der Waals surface area contributed by atoms with Crippen LogP contribution >= 0.6 is 43.5 Å². The smallest absolute Gasteiger partial charge is 0.338 e. The van der Waals surface area contributed by atoms with E-state index in [1.165, 1.54) is 0 Å². The number of benzene rings is 1. The summed E-state index contributed by atoms with van der Waals surface area (Å²) in [5.74, 6) is -0.695. The Hall–Kier alpha value is -0.0600. The van der Waals surface area contributed by atoms with E-state index in [-0.39, 0.29) is 11.4 Å². The fourth-order valence-electron chi connectivity index (χ4n) is 0.895. The summed E-state index contributed by atoms with van der Waals surface area (Å²) >= 11 is 12.0.